The molecule has 0 saturated carbocycles. The molecule has 2 aromatic rings. The molecule has 3 rings (SSSR count). The summed E-state index contributed by atoms with van der Waals surface area (Å²) in [6.45, 7) is 1.86. The molecule has 1 aliphatic rings. The predicted molar refractivity (Wildman–Crippen MR) is 80.2 cm³/mol. The molecule has 1 fully saturated rings. The number of amides is 1. The van der Waals surface area contributed by atoms with Gasteiger partial charge in [-0.2, -0.15) is 0 Å². The lowest BCUT2D eigenvalue weighted by Crippen LogP contribution is -2.24. The second-order valence-electron chi connectivity index (χ2n) is 5.24. The van der Waals surface area contributed by atoms with Crippen LogP contribution in [-0.2, 0) is 11.3 Å². The first kappa shape index (κ1) is 14.6. The maximum absolute atomic E-state index is 12.0. The highest BCUT2D eigenvalue weighted by Crippen LogP contribution is 2.22. The summed E-state index contributed by atoms with van der Waals surface area (Å²) in [5.41, 5.74) is 1.34. The standard InChI is InChI=1S/C16H18N4O2/c21-16(12-3-1-6-17-9-12)19-10-14-5-7-18-15(20-14)13-4-2-8-22-11-13/h1,3,5-7,9,13H,2,4,8,10-11H2,(H,19,21)/t13-/m1/s1. The SMILES string of the molecule is O=C(NCc1ccnc([C@@H]2CCCOC2)n1)c1cccnc1. The van der Waals surface area contributed by atoms with Gasteiger partial charge in [0.15, 0.2) is 0 Å². The van der Waals surface area contributed by atoms with Gasteiger partial charge >= 0.3 is 0 Å². The Labute approximate surface area is 129 Å². The zero-order valence-corrected chi connectivity index (χ0v) is 12.2. The lowest BCUT2D eigenvalue weighted by atomic mass is 10.0. The number of aromatic nitrogens is 3. The molecule has 1 N–H and O–H groups in total. The first-order valence-corrected chi connectivity index (χ1v) is 7.41. The molecule has 1 amide bonds. The second kappa shape index (κ2) is 7.09. The molecule has 3 heterocycles. The Hall–Kier alpha value is -2.34. The number of pyridine rings is 1. The average Bonchev–Trinajstić information content (AvgIpc) is 2.61. The van der Waals surface area contributed by atoms with Crippen LogP contribution in [0.25, 0.3) is 0 Å². The van der Waals surface area contributed by atoms with E-state index in [1.165, 1.54) is 0 Å². The van der Waals surface area contributed by atoms with E-state index in [9.17, 15) is 4.79 Å². The number of ether oxygens (including phenoxy) is 1. The largest absolute Gasteiger partial charge is 0.381 e. The van der Waals surface area contributed by atoms with E-state index in [-0.39, 0.29) is 11.8 Å². The molecule has 0 unspecified atom stereocenters. The molecule has 1 saturated heterocycles. The van der Waals surface area contributed by atoms with E-state index in [4.69, 9.17) is 4.74 Å². The van der Waals surface area contributed by atoms with Gasteiger partial charge in [0.25, 0.3) is 5.91 Å². The molecule has 114 valence electrons. The van der Waals surface area contributed by atoms with Crippen molar-refractivity contribution in [3.63, 3.8) is 0 Å². The molecule has 1 atom stereocenters. The third kappa shape index (κ3) is 3.65. The summed E-state index contributed by atoms with van der Waals surface area (Å²) in [6.07, 6.45) is 7.00. The topological polar surface area (TPSA) is 77.0 Å². The Morgan fingerprint density at radius 1 is 1.36 bits per heavy atom. The Morgan fingerprint density at radius 2 is 2.32 bits per heavy atom. The van der Waals surface area contributed by atoms with Crippen LogP contribution in [0, 0.1) is 0 Å². The number of hydrogen-bond acceptors (Lipinski definition) is 5. The third-order valence-corrected chi connectivity index (χ3v) is 3.61. The summed E-state index contributed by atoms with van der Waals surface area (Å²) >= 11 is 0. The van der Waals surface area contributed by atoms with E-state index in [1.54, 1.807) is 30.7 Å². The van der Waals surface area contributed by atoms with Gasteiger partial charge < -0.3 is 10.1 Å². The number of nitrogens with zero attached hydrogens (tertiary/aromatic N) is 3. The first-order valence-electron chi connectivity index (χ1n) is 7.41. The van der Waals surface area contributed by atoms with E-state index < -0.39 is 0 Å². The normalized spacial score (nSPS) is 17.9. The number of hydrogen-bond donors (Lipinski definition) is 1. The summed E-state index contributed by atoms with van der Waals surface area (Å²) in [5.74, 6) is 0.893. The fraction of sp³-hybridized carbons (Fsp3) is 0.375. The van der Waals surface area contributed by atoms with Gasteiger partial charge in [0.1, 0.15) is 5.82 Å². The van der Waals surface area contributed by atoms with Gasteiger partial charge in [-0.25, -0.2) is 9.97 Å². The molecule has 6 nitrogen and oxygen atoms in total. The van der Waals surface area contributed by atoms with Gasteiger partial charge in [0.05, 0.1) is 24.4 Å². The molecule has 22 heavy (non-hydrogen) atoms. The van der Waals surface area contributed by atoms with Crippen LogP contribution in [-0.4, -0.2) is 34.1 Å². The Morgan fingerprint density at radius 3 is 3.09 bits per heavy atom. The van der Waals surface area contributed by atoms with Crippen LogP contribution < -0.4 is 5.32 Å². The molecule has 6 heteroatoms. The second-order valence-corrected chi connectivity index (χ2v) is 5.24. The monoisotopic (exact) mass is 298 g/mol. The van der Waals surface area contributed by atoms with Crippen molar-refractivity contribution in [3.05, 3.63) is 53.9 Å². The van der Waals surface area contributed by atoms with E-state index in [0.29, 0.717) is 18.7 Å². The molecule has 1 aliphatic heterocycles. The van der Waals surface area contributed by atoms with Crippen molar-refractivity contribution in [2.45, 2.75) is 25.3 Å². The fourth-order valence-corrected chi connectivity index (χ4v) is 2.42. The Balaban J connectivity index is 1.62. The first-order chi connectivity index (χ1) is 10.8. The Kier molecular flexibility index (Phi) is 4.70. The van der Waals surface area contributed by atoms with Crippen LogP contribution in [0.1, 0.15) is 40.6 Å². The molecular weight excluding hydrogens is 280 g/mol. The molecule has 0 aromatic carbocycles. The highest BCUT2D eigenvalue weighted by Gasteiger charge is 2.18. The molecular formula is C16H18N4O2. The van der Waals surface area contributed by atoms with Crippen molar-refractivity contribution in [3.8, 4) is 0 Å². The quantitative estimate of drug-likeness (QED) is 0.929. The average molecular weight is 298 g/mol. The minimum atomic E-state index is -0.158. The molecule has 0 spiro atoms. The van der Waals surface area contributed by atoms with Crippen LogP contribution >= 0.6 is 0 Å². The maximum atomic E-state index is 12.0. The van der Waals surface area contributed by atoms with Crippen LogP contribution in [0.4, 0.5) is 0 Å². The zero-order valence-electron chi connectivity index (χ0n) is 12.2. The van der Waals surface area contributed by atoms with Crippen LogP contribution in [0.3, 0.4) is 0 Å². The van der Waals surface area contributed by atoms with Gasteiger partial charge in [-0.15, -0.1) is 0 Å². The Bertz CT molecular complexity index is 627. The molecule has 0 radical (unpaired) electrons. The van der Waals surface area contributed by atoms with Crippen molar-refractivity contribution in [1.82, 2.24) is 20.3 Å². The fourth-order valence-electron chi connectivity index (χ4n) is 2.42. The summed E-state index contributed by atoms with van der Waals surface area (Å²) < 4.78 is 5.48. The number of carbonyl (C=O) groups excluding carboxylic acids is 1. The minimum Gasteiger partial charge on any atom is -0.381 e. The highest BCUT2D eigenvalue weighted by atomic mass is 16.5. The number of carbonyl (C=O) groups is 1. The van der Waals surface area contributed by atoms with E-state index in [2.05, 4.69) is 20.3 Å². The van der Waals surface area contributed by atoms with Crippen molar-refractivity contribution in [2.75, 3.05) is 13.2 Å². The summed E-state index contributed by atoms with van der Waals surface area (Å²) in [4.78, 5) is 24.8. The number of rotatable bonds is 4. The van der Waals surface area contributed by atoms with Crippen molar-refractivity contribution < 1.29 is 9.53 Å². The van der Waals surface area contributed by atoms with Crippen LogP contribution in [0.2, 0.25) is 0 Å². The maximum Gasteiger partial charge on any atom is 0.253 e. The molecule has 2 aromatic heterocycles. The highest BCUT2D eigenvalue weighted by molar-refractivity contribution is 5.93. The van der Waals surface area contributed by atoms with E-state index >= 15 is 0 Å². The predicted octanol–water partition coefficient (Wildman–Crippen LogP) is 1.70. The van der Waals surface area contributed by atoms with Crippen LogP contribution in [0.15, 0.2) is 36.8 Å². The van der Waals surface area contributed by atoms with Gasteiger partial charge in [-0.1, -0.05) is 0 Å². The van der Waals surface area contributed by atoms with Crippen molar-refractivity contribution in [2.24, 2.45) is 0 Å². The van der Waals surface area contributed by atoms with Gasteiger partial charge in [-0.3, -0.25) is 9.78 Å². The molecule has 0 aliphatic carbocycles. The van der Waals surface area contributed by atoms with Crippen molar-refractivity contribution in [1.29, 1.82) is 0 Å². The minimum absolute atomic E-state index is 0.158. The van der Waals surface area contributed by atoms with Crippen LogP contribution in [0.5, 0.6) is 0 Å². The lowest BCUT2D eigenvalue weighted by molar-refractivity contribution is 0.0779. The van der Waals surface area contributed by atoms with E-state index in [1.807, 2.05) is 6.07 Å². The van der Waals surface area contributed by atoms with Gasteiger partial charge in [0.2, 0.25) is 0 Å². The summed E-state index contributed by atoms with van der Waals surface area (Å²) in [6, 6.07) is 5.28. The summed E-state index contributed by atoms with van der Waals surface area (Å²) in [5, 5.41) is 2.84. The summed E-state index contributed by atoms with van der Waals surface area (Å²) in [7, 11) is 0. The zero-order chi connectivity index (χ0) is 15.2. The third-order valence-electron chi connectivity index (χ3n) is 3.61. The molecule has 0 bridgehead atoms. The van der Waals surface area contributed by atoms with Gasteiger partial charge in [-0.05, 0) is 31.0 Å². The number of nitrogens with one attached hydrogen (secondary N) is 1. The van der Waals surface area contributed by atoms with E-state index in [0.717, 1.165) is 31.0 Å². The lowest BCUT2D eigenvalue weighted by Gasteiger charge is -2.20. The van der Waals surface area contributed by atoms with Crippen molar-refractivity contribution >= 4 is 5.91 Å². The smallest absolute Gasteiger partial charge is 0.253 e. The van der Waals surface area contributed by atoms with Gasteiger partial charge in [0, 0.05) is 31.1 Å².